The lowest BCUT2D eigenvalue weighted by molar-refractivity contribution is 0.493. The maximum atomic E-state index is 4.68. The number of fused-ring (bicyclic) bond motifs is 2. The second-order valence-electron chi connectivity index (χ2n) is 5.01. The minimum absolute atomic E-state index is 0.0181. The van der Waals surface area contributed by atoms with Crippen molar-refractivity contribution in [1.82, 2.24) is 15.3 Å². The lowest BCUT2D eigenvalue weighted by Gasteiger charge is -2.30. The van der Waals surface area contributed by atoms with E-state index in [1.54, 1.807) is 0 Å². The van der Waals surface area contributed by atoms with Gasteiger partial charge in [-0.2, -0.15) is 0 Å². The molecular weight excluding hydrogens is 248 g/mol. The average Bonchev–Trinajstić information content (AvgIpc) is 2.54. The Hall–Kier alpha value is -2.33. The lowest BCUT2D eigenvalue weighted by atomic mass is 9.99. The highest BCUT2D eigenvalue weighted by Crippen LogP contribution is 2.20. The van der Waals surface area contributed by atoms with Crippen molar-refractivity contribution >= 4 is 17.2 Å². The van der Waals surface area contributed by atoms with Crippen LogP contribution in [-0.4, -0.2) is 28.3 Å². The van der Waals surface area contributed by atoms with Crippen LogP contribution in [0.25, 0.3) is 11.0 Å². The molecule has 0 bridgehead atoms. The Bertz CT molecular complexity index is 732. The molecule has 2 heterocycles. The number of hydrogen-bond acceptors (Lipinski definition) is 4. The second kappa shape index (κ2) is 4.65. The number of para-hydroxylation sites is 2. The van der Waals surface area contributed by atoms with Gasteiger partial charge in [0.2, 0.25) is 0 Å². The third-order valence-electron chi connectivity index (χ3n) is 3.67. The van der Waals surface area contributed by atoms with E-state index in [1.807, 2.05) is 42.8 Å². The first-order valence-electron chi connectivity index (χ1n) is 6.76. The van der Waals surface area contributed by atoms with Gasteiger partial charge in [-0.15, -0.1) is 0 Å². The molecule has 0 amide bonds. The van der Waals surface area contributed by atoms with E-state index < -0.39 is 0 Å². The van der Waals surface area contributed by atoms with Crippen LogP contribution >= 0.6 is 0 Å². The van der Waals surface area contributed by atoms with Crippen molar-refractivity contribution in [2.24, 2.45) is 4.99 Å². The quantitative estimate of drug-likeness (QED) is 0.857. The van der Waals surface area contributed by atoms with Gasteiger partial charge in [0.1, 0.15) is 0 Å². The maximum absolute atomic E-state index is 4.68. The van der Waals surface area contributed by atoms with E-state index in [9.17, 15) is 0 Å². The van der Waals surface area contributed by atoms with Crippen LogP contribution in [-0.2, 0) is 0 Å². The predicted octanol–water partition coefficient (Wildman–Crippen LogP) is 2.21. The van der Waals surface area contributed by atoms with E-state index in [-0.39, 0.29) is 18.1 Å². The molecule has 0 saturated heterocycles. The number of allylic oxidation sites excluding steroid dienone is 2. The van der Waals surface area contributed by atoms with E-state index in [0.29, 0.717) is 0 Å². The minimum Gasteiger partial charge on any atom is -0.295 e. The van der Waals surface area contributed by atoms with Gasteiger partial charge in [0.15, 0.2) is 0 Å². The number of aliphatic imine (C=N–C) groups is 1. The van der Waals surface area contributed by atoms with Crippen molar-refractivity contribution in [1.29, 1.82) is 0 Å². The van der Waals surface area contributed by atoms with Gasteiger partial charge in [0.05, 0.1) is 41.0 Å². The van der Waals surface area contributed by atoms with Crippen LogP contribution in [0.2, 0.25) is 0 Å². The zero-order chi connectivity index (χ0) is 13.4. The number of rotatable bonds is 1. The van der Waals surface area contributed by atoms with Crippen LogP contribution in [0, 0.1) is 0 Å². The average molecular weight is 262 g/mol. The van der Waals surface area contributed by atoms with E-state index >= 15 is 0 Å². The second-order valence-corrected chi connectivity index (χ2v) is 5.01. The molecule has 0 fully saturated rings. The molecule has 2 aliphatic rings. The molecule has 1 N–H and O–H groups in total. The monoisotopic (exact) mass is 262 g/mol. The van der Waals surface area contributed by atoms with E-state index in [2.05, 4.69) is 38.5 Å². The lowest BCUT2D eigenvalue weighted by Crippen LogP contribution is -2.44. The number of aromatic nitrogens is 2. The molecule has 98 valence electrons. The zero-order valence-electron chi connectivity index (χ0n) is 10.8. The van der Waals surface area contributed by atoms with Crippen molar-refractivity contribution in [3.8, 4) is 0 Å². The molecule has 4 rings (SSSR count). The summed E-state index contributed by atoms with van der Waals surface area (Å²) in [6, 6.07) is 8.36. The number of benzene rings is 1. The maximum Gasteiger partial charge on any atom is 0.0891 e. The predicted molar refractivity (Wildman–Crippen MR) is 79.8 cm³/mol. The highest BCUT2D eigenvalue weighted by molar-refractivity contribution is 5.75. The summed E-state index contributed by atoms with van der Waals surface area (Å²) in [5.41, 5.74) is 2.75. The molecule has 1 aliphatic carbocycles. The van der Waals surface area contributed by atoms with Crippen LogP contribution in [0.15, 0.2) is 59.8 Å². The first-order valence-corrected chi connectivity index (χ1v) is 6.76. The van der Waals surface area contributed by atoms with Gasteiger partial charge in [-0.25, -0.2) is 4.98 Å². The molecule has 0 spiro atoms. The van der Waals surface area contributed by atoms with Crippen LogP contribution in [0.4, 0.5) is 0 Å². The van der Waals surface area contributed by atoms with Gasteiger partial charge >= 0.3 is 0 Å². The highest BCUT2D eigenvalue weighted by Gasteiger charge is 2.26. The van der Waals surface area contributed by atoms with Gasteiger partial charge < -0.3 is 0 Å². The summed E-state index contributed by atoms with van der Waals surface area (Å²) < 4.78 is 0. The molecule has 3 atom stereocenters. The number of nitrogens with zero attached hydrogens (tertiary/aromatic N) is 3. The van der Waals surface area contributed by atoms with Crippen LogP contribution in [0.1, 0.15) is 11.7 Å². The Morgan fingerprint density at radius 3 is 2.80 bits per heavy atom. The van der Waals surface area contributed by atoms with Crippen molar-refractivity contribution in [3.63, 3.8) is 0 Å². The van der Waals surface area contributed by atoms with Gasteiger partial charge in [0, 0.05) is 6.21 Å². The van der Waals surface area contributed by atoms with Crippen LogP contribution < -0.4 is 5.32 Å². The molecule has 4 nitrogen and oxygen atoms in total. The fourth-order valence-electron chi connectivity index (χ4n) is 2.61. The molecule has 1 unspecified atom stereocenters. The molecule has 0 radical (unpaired) electrons. The number of nitrogens with one attached hydrogen (secondary N) is 1. The molecule has 0 saturated carbocycles. The standard InChI is InChI=1S/C16H14N4/c1-3-7-13-11(5-1)17-9-15(19-13)16-10-18-12-6-2-4-8-14(12)20-16/h1-11,13,15,19H/t11-,13-,15?/m0/s1. The molecule has 4 heteroatoms. The Balaban J connectivity index is 1.69. The van der Waals surface area contributed by atoms with Crippen LogP contribution in [0.3, 0.4) is 0 Å². The van der Waals surface area contributed by atoms with E-state index in [1.165, 1.54) is 0 Å². The Labute approximate surface area is 117 Å². The first-order chi connectivity index (χ1) is 9.90. The molecule has 2 aromatic rings. The topological polar surface area (TPSA) is 50.2 Å². The molecule has 1 aromatic heterocycles. The summed E-state index contributed by atoms with van der Waals surface area (Å²) >= 11 is 0. The first kappa shape index (κ1) is 11.5. The van der Waals surface area contributed by atoms with Crippen molar-refractivity contribution in [3.05, 3.63) is 60.5 Å². The van der Waals surface area contributed by atoms with Gasteiger partial charge in [-0.3, -0.25) is 15.3 Å². The molecular formula is C16H14N4. The van der Waals surface area contributed by atoms with E-state index in [0.717, 1.165) is 16.7 Å². The Morgan fingerprint density at radius 1 is 1.00 bits per heavy atom. The summed E-state index contributed by atoms with van der Waals surface area (Å²) in [5, 5.41) is 3.55. The summed E-state index contributed by atoms with van der Waals surface area (Å²) in [6.45, 7) is 0. The fourth-order valence-corrected chi connectivity index (χ4v) is 2.61. The molecule has 1 aromatic carbocycles. The van der Waals surface area contributed by atoms with Crippen molar-refractivity contribution in [2.45, 2.75) is 18.1 Å². The van der Waals surface area contributed by atoms with E-state index in [4.69, 9.17) is 0 Å². The van der Waals surface area contributed by atoms with Crippen molar-refractivity contribution < 1.29 is 0 Å². The Kier molecular flexibility index (Phi) is 2.67. The highest BCUT2D eigenvalue weighted by atomic mass is 15.1. The fraction of sp³-hybridized carbons (Fsp3) is 0.188. The smallest absolute Gasteiger partial charge is 0.0891 e. The van der Waals surface area contributed by atoms with Crippen LogP contribution in [0.5, 0.6) is 0 Å². The zero-order valence-corrected chi connectivity index (χ0v) is 10.8. The third-order valence-corrected chi connectivity index (χ3v) is 3.67. The van der Waals surface area contributed by atoms with Gasteiger partial charge in [0.25, 0.3) is 0 Å². The SMILES string of the molecule is C1=C[C@@H]2N=CC(c3cnc4ccccc4n3)N[C@H]2C=C1. The number of hydrogen-bond donors (Lipinski definition) is 1. The normalized spacial score (nSPS) is 27.7. The summed E-state index contributed by atoms with van der Waals surface area (Å²) in [6.07, 6.45) is 12.1. The van der Waals surface area contributed by atoms with Gasteiger partial charge in [-0.1, -0.05) is 36.4 Å². The Morgan fingerprint density at radius 2 is 1.85 bits per heavy atom. The largest absolute Gasteiger partial charge is 0.295 e. The molecule has 1 aliphatic heterocycles. The summed E-state index contributed by atoms with van der Waals surface area (Å²) in [5.74, 6) is 0. The minimum atomic E-state index is 0.0181. The van der Waals surface area contributed by atoms with Crippen molar-refractivity contribution in [2.75, 3.05) is 0 Å². The van der Waals surface area contributed by atoms with Gasteiger partial charge in [-0.05, 0) is 12.1 Å². The summed E-state index contributed by atoms with van der Waals surface area (Å²) in [4.78, 5) is 13.7. The third kappa shape index (κ3) is 1.94. The molecule has 20 heavy (non-hydrogen) atoms. The summed E-state index contributed by atoms with van der Waals surface area (Å²) in [7, 11) is 0.